The van der Waals surface area contributed by atoms with Gasteiger partial charge in [0, 0.05) is 9.13 Å². The standard InChI is InChI=1S/C21H17F2I/c1-12-10-13(2)19(14(3)11-12)15-6-4-7-16(21(15)24)20-17(22)8-5-9-18(20)23/h4-11H,1-3H3. The summed E-state index contributed by atoms with van der Waals surface area (Å²) in [6, 6.07) is 13.9. The second kappa shape index (κ2) is 6.63. The Kier molecular flexibility index (Phi) is 4.72. The van der Waals surface area contributed by atoms with Gasteiger partial charge in [-0.3, -0.25) is 0 Å². The molecule has 0 aliphatic heterocycles. The third-order valence-corrected chi connectivity index (χ3v) is 5.34. The van der Waals surface area contributed by atoms with Crippen molar-refractivity contribution < 1.29 is 8.78 Å². The Labute approximate surface area is 154 Å². The van der Waals surface area contributed by atoms with E-state index in [1.165, 1.54) is 23.8 Å². The van der Waals surface area contributed by atoms with Crippen LogP contribution in [0.1, 0.15) is 16.7 Å². The van der Waals surface area contributed by atoms with Crippen LogP contribution in [0.25, 0.3) is 22.3 Å². The van der Waals surface area contributed by atoms with Gasteiger partial charge in [-0.1, -0.05) is 42.0 Å². The molecule has 0 radical (unpaired) electrons. The highest BCUT2D eigenvalue weighted by Gasteiger charge is 2.18. The van der Waals surface area contributed by atoms with Gasteiger partial charge < -0.3 is 0 Å². The Morgan fingerprint density at radius 3 is 1.71 bits per heavy atom. The summed E-state index contributed by atoms with van der Waals surface area (Å²) >= 11 is 2.19. The molecule has 24 heavy (non-hydrogen) atoms. The van der Waals surface area contributed by atoms with Gasteiger partial charge in [0.15, 0.2) is 0 Å². The molecule has 0 saturated carbocycles. The molecule has 0 N–H and O–H groups in total. The summed E-state index contributed by atoms with van der Waals surface area (Å²) in [6.45, 7) is 6.21. The van der Waals surface area contributed by atoms with Crippen LogP contribution in [0, 0.1) is 36.0 Å². The van der Waals surface area contributed by atoms with Crippen LogP contribution in [0.4, 0.5) is 8.78 Å². The van der Waals surface area contributed by atoms with Crippen LogP contribution in [0.3, 0.4) is 0 Å². The molecule has 0 heterocycles. The second-order valence-electron chi connectivity index (χ2n) is 6.04. The Morgan fingerprint density at radius 1 is 0.708 bits per heavy atom. The maximum absolute atomic E-state index is 14.2. The highest BCUT2D eigenvalue weighted by molar-refractivity contribution is 14.1. The smallest absolute Gasteiger partial charge is 0.134 e. The molecule has 0 aliphatic carbocycles. The van der Waals surface area contributed by atoms with Gasteiger partial charge in [-0.05, 0) is 77.7 Å². The van der Waals surface area contributed by atoms with Crippen molar-refractivity contribution in [2.45, 2.75) is 20.8 Å². The molecule has 0 fully saturated rings. The minimum absolute atomic E-state index is 0.0335. The molecule has 0 atom stereocenters. The minimum Gasteiger partial charge on any atom is -0.206 e. The van der Waals surface area contributed by atoms with E-state index in [0.717, 1.165) is 25.8 Å². The largest absolute Gasteiger partial charge is 0.206 e. The average Bonchev–Trinajstić information content (AvgIpc) is 2.49. The molecule has 0 aliphatic rings. The highest BCUT2D eigenvalue weighted by Crippen LogP contribution is 2.38. The zero-order valence-electron chi connectivity index (χ0n) is 13.8. The van der Waals surface area contributed by atoms with Gasteiger partial charge in [0.2, 0.25) is 0 Å². The molecule has 0 unspecified atom stereocenters. The molecule has 3 aromatic carbocycles. The molecule has 0 saturated heterocycles. The van der Waals surface area contributed by atoms with Crippen LogP contribution in [-0.4, -0.2) is 0 Å². The fraction of sp³-hybridized carbons (Fsp3) is 0.143. The van der Waals surface area contributed by atoms with Gasteiger partial charge in [-0.25, -0.2) is 8.78 Å². The third kappa shape index (κ3) is 2.97. The molecular formula is C21H17F2I. The van der Waals surface area contributed by atoms with Gasteiger partial charge in [-0.15, -0.1) is 0 Å². The first-order chi connectivity index (χ1) is 11.4. The number of halogens is 3. The van der Waals surface area contributed by atoms with E-state index in [1.54, 1.807) is 6.07 Å². The van der Waals surface area contributed by atoms with Crippen molar-refractivity contribution >= 4 is 22.6 Å². The van der Waals surface area contributed by atoms with E-state index in [4.69, 9.17) is 0 Å². The SMILES string of the molecule is Cc1cc(C)c(-c2cccc(-c3c(F)cccc3F)c2I)c(C)c1. The molecule has 0 spiro atoms. The van der Waals surface area contributed by atoms with Crippen LogP contribution in [-0.2, 0) is 0 Å². The summed E-state index contributed by atoms with van der Waals surface area (Å²) in [6.07, 6.45) is 0. The summed E-state index contributed by atoms with van der Waals surface area (Å²) in [4.78, 5) is 0. The average molecular weight is 434 g/mol. The van der Waals surface area contributed by atoms with Gasteiger partial charge in [0.25, 0.3) is 0 Å². The lowest BCUT2D eigenvalue weighted by atomic mass is 9.91. The Hall–Kier alpha value is -1.75. The van der Waals surface area contributed by atoms with Crippen molar-refractivity contribution in [3.05, 3.63) is 80.4 Å². The van der Waals surface area contributed by atoms with E-state index in [9.17, 15) is 8.78 Å². The van der Waals surface area contributed by atoms with Crippen molar-refractivity contribution in [2.75, 3.05) is 0 Å². The summed E-state index contributed by atoms with van der Waals surface area (Å²) in [7, 11) is 0. The van der Waals surface area contributed by atoms with Gasteiger partial charge in [-0.2, -0.15) is 0 Å². The Balaban J connectivity index is 2.28. The van der Waals surface area contributed by atoms with E-state index < -0.39 is 11.6 Å². The monoisotopic (exact) mass is 434 g/mol. The topological polar surface area (TPSA) is 0 Å². The number of hydrogen-bond acceptors (Lipinski definition) is 0. The predicted octanol–water partition coefficient (Wildman–Crippen LogP) is 6.83. The highest BCUT2D eigenvalue weighted by atomic mass is 127. The lowest BCUT2D eigenvalue weighted by Gasteiger charge is -2.16. The van der Waals surface area contributed by atoms with Gasteiger partial charge in [0.05, 0.1) is 5.56 Å². The zero-order valence-corrected chi connectivity index (χ0v) is 15.9. The molecule has 3 rings (SSSR count). The fourth-order valence-corrected chi connectivity index (χ4v) is 4.18. The Morgan fingerprint density at radius 2 is 1.17 bits per heavy atom. The zero-order chi connectivity index (χ0) is 17.4. The van der Waals surface area contributed by atoms with E-state index in [1.807, 2.05) is 12.1 Å². The first kappa shape index (κ1) is 17.1. The molecule has 0 bridgehead atoms. The van der Waals surface area contributed by atoms with E-state index in [-0.39, 0.29) is 5.56 Å². The number of hydrogen-bond donors (Lipinski definition) is 0. The molecule has 3 aromatic rings. The van der Waals surface area contributed by atoms with Crippen LogP contribution in [0.2, 0.25) is 0 Å². The van der Waals surface area contributed by atoms with E-state index in [2.05, 4.69) is 55.5 Å². The van der Waals surface area contributed by atoms with Crippen LogP contribution < -0.4 is 0 Å². The number of rotatable bonds is 2. The fourth-order valence-electron chi connectivity index (χ4n) is 3.28. The van der Waals surface area contributed by atoms with Gasteiger partial charge in [0.1, 0.15) is 11.6 Å². The lowest BCUT2D eigenvalue weighted by molar-refractivity contribution is 0.589. The quantitative estimate of drug-likeness (QED) is 0.388. The summed E-state index contributed by atoms with van der Waals surface area (Å²) < 4.78 is 29.3. The van der Waals surface area contributed by atoms with Gasteiger partial charge >= 0.3 is 0 Å². The molecule has 0 amide bonds. The van der Waals surface area contributed by atoms with Crippen LogP contribution in [0.5, 0.6) is 0 Å². The lowest BCUT2D eigenvalue weighted by Crippen LogP contribution is -1.97. The Bertz CT molecular complexity index is 886. The maximum atomic E-state index is 14.2. The molecule has 0 aromatic heterocycles. The summed E-state index contributed by atoms with van der Waals surface area (Å²) in [5.41, 5.74) is 6.29. The van der Waals surface area contributed by atoms with E-state index in [0.29, 0.717) is 5.56 Å². The normalized spacial score (nSPS) is 10.9. The molecule has 0 nitrogen and oxygen atoms in total. The minimum atomic E-state index is -0.539. The second-order valence-corrected chi connectivity index (χ2v) is 7.12. The van der Waals surface area contributed by atoms with Crippen molar-refractivity contribution in [2.24, 2.45) is 0 Å². The predicted molar refractivity (Wildman–Crippen MR) is 104 cm³/mol. The van der Waals surface area contributed by atoms with Crippen molar-refractivity contribution in [1.29, 1.82) is 0 Å². The number of benzene rings is 3. The van der Waals surface area contributed by atoms with Crippen molar-refractivity contribution in [1.82, 2.24) is 0 Å². The van der Waals surface area contributed by atoms with Crippen molar-refractivity contribution in [3.8, 4) is 22.3 Å². The molecular weight excluding hydrogens is 417 g/mol. The first-order valence-electron chi connectivity index (χ1n) is 7.71. The molecule has 3 heteroatoms. The number of aryl methyl sites for hydroxylation is 3. The molecule has 122 valence electrons. The summed E-state index contributed by atoms with van der Waals surface area (Å²) in [5.74, 6) is -1.08. The third-order valence-electron chi connectivity index (χ3n) is 4.18. The summed E-state index contributed by atoms with van der Waals surface area (Å²) in [5, 5.41) is 0. The van der Waals surface area contributed by atoms with Crippen LogP contribution >= 0.6 is 22.6 Å². The maximum Gasteiger partial charge on any atom is 0.134 e. The first-order valence-corrected chi connectivity index (χ1v) is 8.79. The van der Waals surface area contributed by atoms with Crippen LogP contribution in [0.15, 0.2) is 48.5 Å². The van der Waals surface area contributed by atoms with E-state index >= 15 is 0 Å². The van der Waals surface area contributed by atoms with Crippen molar-refractivity contribution in [3.63, 3.8) is 0 Å².